The predicted molar refractivity (Wildman–Crippen MR) is 81.4 cm³/mol. The molecule has 0 aliphatic rings. The summed E-state index contributed by atoms with van der Waals surface area (Å²) in [4.78, 5) is 12.2. The highest BCUT2D eigenvalue weighted by atomic mass is 35.5. The molecule has 0 saturated heterocycles. The van der Waals surface area contributed by atoms with E-state index in [1.807, 2.05) is 19.9 Å². The van der Waals surface area contributed by atoms with Crippen molar-refractivity contribution in [3.8, 4) is 5.75 Å². The Morgan fingerprint density at radius 2 is 1.95 bits per heavy atom. The molecule has 0 aliphatic heterocycles. The highest BCUT2D eigenvalue weighted by molar-refractivity contribution is 6.31. The average Bonchev–Trinajstić information content (AvgIpc) is 2.41. The minimum Gasteiger partial charge on any atom is -0.507 e. The highest BCUT2D eigenvalue weighted by Crippen LogP contribution is 2.27. The Morgan fingerprint density at radius 3 is 2.65 bits per heavy atom. The van der Waals surface area contributed by atoms with Gasteiger partial charge in [0.15, 0.2) is 0 Å². The number of carbonyl (C=O) groups excluding carboxylic acids is 1. The van der Waals surface area contributed by atoms with Crippen molar-refractivity contribution in [1.29, 1.82) is 0 Å². The quantitative estimate of drug-likeness (QED) is 0.741. The lowest BCUT2D eigenvalue weighted by Gasteiger charge is -2.14. The number of nitrogen functional groups attached to an aromatic ring is 1. The van der Waals surface area contributed by atoms with Crippen LogP contribution in [0.5, 0.6) is 5.75 Å². The van der Waals surface area contributed by atoms with Gasteiger partial charge in [-0.3, -0.25) is 4.79 Å². The zero-order valence-electron chi connectivity index (χ0n) is 11.2. The summed E-state index contributed by atoms with van der Waals surface area (Å²) >= 11 is 5.84. The van der Waals surface area contributed by atoms with Gasteiger partial charge in [-0.25, -0.2) is 0 Å². The van der Waals surface area contributed by atoms with Gasteiger partial charge in [0.05, 0.1) is 5.56 Å². The number of phenols is 1. The zero-order valence-corrected chi connectivity index (χ0v) is 12.0. The molecule has 0 bridgehead atoms. The van der Waals surface area contributed by atoms with E-state index >= 15 is 0 Å². The van der Waals surface area contributed by atoms with Crippen molar-refractivity contribution >= 4 is 28.9 Å². The summed E-state index contributed by atoms with van der Waals surface area (Å²) in [5.41, 5.74) is 8.89. The molecule has 0 aromatic heterocycles. The lowest BCUT2D eigenvalue weighted by molar-refractivity contribution is 0.102. The number of nitrogens with two attached hydrogens (primary N) is 1. The van der Waals surface area contributed by atoms with Crippen LogP contribution in [0.4, 0.5) is 11.4 Å². The molecule has 0 spiro atoms. The Labute approximate surface area is 122 Å². The third kappa shape index (κ3) is 2.70. The zero-order chi connectivity index (χ0) is 14.9. The van der Waals surface area contributed by atoms with E-state index in [9.17, 15) is 9.90 Å². The van der Waals surface area contributed by atoms with E-state index < -0.39 is 5.91 Å². The lowest BCUT2D eigenvalue weighted by Crippen LogP contribution is -2.14. The van der Waals surface area contributed by atoms with Gasteiger partial charge in [-0.2, -0.15) is 0 Å². The van der Waals surface area contributed by atoms with E-state index in [1.54, 1.807) is 6.07 Å². The number of hydrogen-bond acceptors (Lipinski definition) is 3. The average molecular weight is 291 g/mol. The SMILES string of the molecule is Cc1ccc(N)c(C)c1NC(=O)c1cc(Cl)ccc1O. The van der Waals surface area contributed by atoms with Crippen LogP contribution in [0.25, 0.3) is 0 Å². The van der Waals surface area contributed by atoms with E-state index in [-0.39, 0.29) is 11.3 Å². The summed E-state index contributed by atoms with van der Waals surface area (Å²) in [6.07, 6.45) is 0. The standard InChI is InChI=1S/C15H15ClN2O2/c1-8-3-5-12(17)9(2)14(8)18-15(20)11-7-10(16)4-6-13(11)19/h3-7,19H,17H2,1-2H3,(H,18,20). The Bertz CT molecular complexity index is 684. The number of nitrogens with one attached hydrogen (secondary N) is 1. The van der Waals surface area contributed by atoms with Crippen LogP contribution in [0.3, 0.4) is 0 Å². The number of carbonyl (C=O) groups is 1. The van der Waals surface area contributed by atoms with Crippen molar-refractivity contribution < 1.29 is 9.90 Å². The summed E-state index contributed by atoms with van der Waals surface area (Å²) in [6.45, 7) is 3.70. The summed E-state index contributed by atoms with van der Waals surface area (Å²) < 4.78 is 0. The molecule has 0 fully saturated rings. The number of amides is 1. The van der Waals surface area contributed by atoms with E-state index in [0.717, 1.165) is 11.1 Å². The van der Waals surface area contributed by atoms with Gasteiger partial charge in [0.25, 0.3) is 5.91 Å². The number of hydrogen-bond donors (Lipinski definition) is 3. The monoisotopic (exact) mass is 290 g/mol. The summed E-state index contributed by atoms with van der Waals surface area (Å²) in [5.74, 6) is -0.548. The molecule has 20 heavy (non-hydrogen) atoms. The number of halogens is 1. The Balaban J connectivity index is 2.38. The number of aromatic hydroxyl groups is 1. The summed E-state index contributed by atoms with van der Waals surface area (Å²) in [7, 11) is 0. The molecule has 4 nitrogen and oxygen atoms in total. The van der Waals surface area contributed by atoms with Crippen molar-refractivity contribution in [3.63, 3.8) is 0 Å². The Hall–Kier alpha value is -2.20. The van der Waals surface area contributed by atoms with Gasteiger partial charge in [-0.1, -0.05) is 17.7 Å². The second kappa shape index (κ2) is 5.43. The van der Waals surface area contributed by atoms with Gasteiger partial charge in [-0.15, -0.1) is 0 Å². The van der Waals surface area contributed by atoms with Crippen molar-refractivity contribution in [3.05, 3.63) is 52.0 Å². The third-order valence-electron chi connectivity index (χ3n) is 3.16. The molecule has 0 unspecified atom stereocenters. The molecule has 2 aromatic carbocycles. The Kier molecular flexibility index (Phi) is 3.86. The second-order valence-electron chi connectivity index (χ2n) is 4.59. The van der Waals surface area contributed by atoms with Crippen molar-refractivity contribution in [1.82, 2.24) is 0 Å². The molecule has 1 amide bonds. The second-order valence-corrected chi connectivity index (χ2v) is 5.02. The van der Waals surface area contributed by atoms with Crippen LogP contribution >= 0.6 is 11.6 Å². The number of phenolic OH excluding ortho intramolecular Hbond substituents is 1. The van der Waals surface area contributed by atoms with E-state index in [1.165, 1.54) is 18.2 Å². The molecule has 5 heteroatoms. The normalized spacial score (nSPS) is 10.3. The summed E-state index contributed by atoms with van der Waals surface area (Å²) in [5, 5.41) is 12.9. The van der Waals surface area contributed by atoms with Gasteiger partial charge in [0.2, 0.25) is 0 Å². The maximum Gasteiger partial charge on any atom is 0.259 e. The van der Waals surface area contributed by atoms with Gasteiger partial charge in [0.1, 0.15) is 5.75 Å². The molecule has 0 radical (unpaired) electrons. The van der Waals surface area contributed by atoms with Crippen LogP contribution < -0.4 is 11.1 Å². The molecule has 4 N–H and O–H groups in total. The van der Waals surface area contributed by atoms with Crippen LogP contribution in [-0.2, 0) is 0 Å². The molecule has 0 saturated carbocycles. The van der Waals surface area contributed by atoms with Crippen LogP contribution in [0.1, 0.15) is 21.5 Å². The van der Waals surface area contributed by atoms with Gasteiger partial charge < -0.3 is 16.2 Å². The first-order chi connectivity index (χ1) is 9.40. The van der Waals surface area contributed by atoms with Crippen LogP contribution in [0.2, 0.25) is 5.02 Å². The van der Waals surface area contributed by atoms with E-state index in [0.29, 0.717) is 16.4 Å². The number of rotatable bonds is 2. The van der Waals surface area contributed by atoms with Crippen LogP contribution in [0.15, 0.2) is 30.3 Å². The summed E-state index contributed by atoms with van der Waals surface area (Å²) in [6, 6.07) is 7.94. The highest BCUT2D eigenvalue weighted by Gasteiger charge is 2.15. The Morgan fingerprint density at radius 1 is 1.25 bits per heavy atom. The van der Waals surface area contributed by atoms with Crippen molar-refractivity contribution in [2.75, 3.05) is 11.1 Å². The van der Waals surface area contributed by atoms with Crippen LogP contribution in [-0.4, -0.2) is 11.0 Å². The largest absolute Gasteiger partial charge is 0.507 e. The van der Waals surface area contributed by atoms with Gasteiger partial charge in [-0.05, 0) is 49.2 Å². The third-order valence-corrected chi connectivity index (χ3v) is 3.39. The van der Waals surface area contributed by atoms with Crippen molar-refractivity contribution in [2.24, 2.45) is 0 Å². The molecule has 0 aliphatic carbocycles. The molecule has 2 rings (SSSR count). The number of anilines is 2. The van der Waals surface area contributed by atoms with Gasteiger partial charge >= 0.3 is 0 Å². The van der Waals surface area contributed by atoms with Crippen molar-refractivity contribution in [2.45, 2.75) is 13.8 Å². The fourth-order valence-corrected chi connectivity index (χ4v) is 2.10. The first kappa shape index (κ1) is 14.2. The maximum atomic E-state index is 12.2. The van der Waals surface area contributed by atoms with E-state index in [4.69, 9.17) is 17.3 Å². The molecule has 0 atom stereocenters. The minimum atomic E-state index is -0.429. The fraction of sp³-hybridized carbons (Fsp3) is 0.133. The first-order valence-corrected chi connectivity index (χ1v) is 6.43. The predicted octanol–water partition coefficient (Wildman–Crippen LogP) is 3.50. The molecule has 104 valence electrons. The fourth-order valence-electron chi connectivity index (χ4n) is 1.93. The van der Waals surface area contributed by atoms with Crippen LogP contribution in [0, 0.1) is 13.8 Å². The number of benzene rings is 2. The maximum absolute atomic E-state index is 12.2. The molecular formula is C15H15ClN2O2. The number of aryl methyl sites for hydroxylation is 1. The lowest BCUT2D eigenvalue weighted by atomic mass is 10.1. The minimum absolute atomic E-state index is 0.119. The smallest absolute Gasteiger partial charge is 0.259 e. The molecular weight excluding hydrogens is 276 g/mol. The van der Waals surface area contributed by atoms with Gasteiger partial charge in [0, 0.05) is 16.4 Å². The van der Waals surface area contributed by atoms with E-state index in [2.05, 4.69) is 5.32 Å². The molecule has 0 heterocycles. The molecule has 2 aromatic rings. The topological polar surface area (TPSA) is 75.3 Å². The first-order valence-electron chi connectivity index (χ1n) is 6.05.